The van der Waals surface area contributed by atoms with E-state index in [1.807, 2.05) is 13.3 Å². The van der Waals surface area contributed by atoms with Crippen LogP contribution in [0.1, 0.15) is 6.42 Å². The summed E-state index contributed by atoms with van der Waals surface area (Å²) >= 11 is 1.56. The first-order valence-corrected chi connectivity index (χ1v) is 8.48. The van der Waals surface area contributed by atoms with E-state index in [1.54, 1.807) is 11.8 Å². The number of carbonyl (C=O) groups excluding carboxylic acids is 1. The predicted molar refractivity (Wildman–Crippen MR) is 84.9 cm³/mol. The number of likely N-dealkylation sites (N-methyl/N-ethyl adjacent to an activating group) is 2. The Morgan fingerprint density at radius 3 is 2.71 bits per heavy atom. The zero-order valence-corrected chi connectivity index (χ0v) is 13.8. The Labute approximate surface area is 130 Å². The van der Waals surface area contributed by atoms with Crippen molar-refractivity contribution >= 4 is 23.8 Å². The highest BCUT2D eigenvalue weighted by molar-refractivity contribution is 7.98. The van der Waals surface area contributed by atoms with Gasteiger partial charge in [0.15, 0.2) is 0 Å². The second-order valence-electron chi connectivity index (χ2n) is 5.42. The maximum absolute atomic E-state index is 11.8. The van der Waals surface area contributed by atoms with Crippen molar-refractivity contribution in [3.63, 3.8) is 0 Å². The number of rotatable bonds is 7. The number of nitrogens with zero attached hydrogens (tertiary/aromatic N) is 2. The Bertz CT molecular complexity index is 356. The van der Waals surface area contributed by atoms with Crippen LogP contribution in [0.4, 0.5) is 4.79 Å². The molecule has 1 heterocycles. The number of amides is 2. The van der Waals surface area contributed by atoms with Crippen molar-refractivity contribution in [1.82, 2.24) is 20.4 Å². The van der Waals surface area contributed by atoms with Gasteiger partial charge in [0, 0.05) is 32.2 Å². The van der Waals surface area contributed by atoms with Gasteiger partial charge >= 0.3 is 12.0 Å². The highest BCUT2D eigenvalue weighted by Crippen LogP contribution is 2.05. The molecule has 3 N–H and O–H groups in total. The summed E-state index contributed by atoms with van der Waals surface area (Å²) in [5.41, 5.74) is 0. The topological polar surface area (TPSA) is 84.9 Å². The number of thioether (sulfide) groups is 1. The van der Waals surface area contributed by atoms with Crippen LogP contribution in [0.2, 0.25) is 0 Å². The van der Waals surface area contributed by atoms with E-state index in [0.29, 0.717) is 18.7 Å². The smallest absolute Gasteiger partial charge is 0.326 e. The van der Waals surface area contributed by atoms with Crippen LogP contribution in [-0.4, -0.2) is 91.3 Å². The van der Waals surface area contributed by atoms with Crippen molar-refractivity contribution in [3.8, 4) is 0 Å². The largest absolute Gasteiger partial charge is 0.480 e. The minimum absolute atomic E-state index is 0.254. The maximum Gasteiger partial charge on any atom is 0.326 e. The van der Waals surface area contributed by atoms with Crippen LogP contribution >= 0.6 is 11.8 Å². The lowest BCUT2D eigenvalue weighted by Crippen LogP contribution is -2.56. The lowest BCUT2D eigenvalue weighted by molar-refractivity contribution is -0.139. The Balaban J connectivity index is 2.36. The molecule has 0 aromatic carbocycles. The van der Waals surface area contributed by atoms with Crippen LogP contribution < -0.4 is 10.6 Å². The predicted octanol–water partition coefficient (Wildman–Crippen LogP) is -0.262. The molecule has 2 atom stereocenters. The molecule has 0 aromatic rings. The molecule has 0 aromatic heterocycles. The molecule has 122 valence electrons. The van der Waals surface area contributed by atoms with Gasteiger partial charge in [-0.1, -0.05) is 0 Å². The van der Waals surface area contributed by atoms with Crippen molar-refractivity contribution in [1.29, 1.82) is 0 Å². The van der Waals surface area contributed by atoms with E-state index in [-0.39, 0.29) is 6.04 Å². The summed E-state index contributed by atoms with van der Waals surface area (Å²) in [6.07, 6.45) is 2.34. The molecule has 1 aliphatic heterocycles. The monoisotopic (exact) mass is 318 g/mol. The lowest BCUT2D eigenvalue weighted by atomic mass is 10.2. The average molecular weight is 318 g/mol. The van der Waals surface area contributed by atoms with Crippen LogP contribution in [0.15, 0.2) is 0 Å². The van der Waals surface area contributed by atoms with E-state index in [4.69, 9.17) is 5.11 Å². The molecule has 1 saturated heterocycles. The van der Waals surface area contributed by atoms with Gasteiger partial charge in [-0.2, -0.15) is 11.8 Å². The van der Waals surface area contributed by atoms with Crippen LogP contribution in [-0.2, 0) is 4.79 Å². The first-order valence-electron chi connectivity index (χ1n) is 7.09. The molecule has 21 heavy (non-hydrogen) atoms. The number of carboxylic acids is 1. The highest BCUT2D eigenvalue weighted by atomic mass is 32.2. The number of carboxylic acid groups (broad SMARTS) is 1. The molecule has 2 amide bonds. The number of hydrogen-bond acceptors (Lipinski definition) is 5. The molecular formula is C13H26N4O3S. The number of urea groups is 1. The van der Waals surface area contributed by atoms with E-state index in [0.717, 1.165) is 19.6 Å². The fourth-order valence-electron chi connectivity index (χ4n) is 2.23. The van der Waals surface area contributed by atoms with Gasteiger partial charge < -0.3 is 20.6 Å². The quantitative estimate of drug-likeness (QED) is 0.600. The molecule has 1 rings (SSSR count). The molecule has 0 bridgehead atoms. The average Bonchev–Trinajstić information content (AvgIpc) is 2.44. The van der Waals surface area contributed by atoms with Gasteiger partial charge in [0.1, 0.15) is 6.04 Å². The summed E-state index contributed by atoms with van der Waals surface area (Å²) in [6, 6.07) is -0.988. The second kappa shape index (κ2) is 9.11. The number of carbonyl (C=O) groups is 2. The Morgan fingerprint density at radius 2 is 2.10 bits per heavy atom. The highest BCUT2D eigenvalue weighted by Gasteiger charge is 2.24. The van der Waals surface area contributed by atoms with Crippen LogP contribution in [0.25, 0.3) is 0 Å². The molecule has 8 heteroatoms. The first-order chi connectivity index (χ1) is 9.93. The molecular weight excluding hydrogens is 292 g/mol. The molecule has 1 aliphatic rings. The van der Waals surface area contributed by atoms with Crippen molar-refractivity contribution in [3.05, 3.63) is 0 Å². The van der Waals surface area contributed by atoms with E-state index < -0.39 is 18.0 Å². The third-order valence-corrected chi connectivity index (χ3v) is 4.34. The molecule has 7 nitrogen and oxygen atoms in total. The van der Waals surface area contributed by atoms with Gasteiger partial charge in [-0.05, 0) is 32.5 Å². The van der Waals surface area contributed by atoms with Crippen molar-refractivity contribution in [2.24, 2.45) is 0 Å². The fraction of sp³-hybridized carbons (Fsp3) is 0.846. The zero-order valence-electron chi connectivity index (χ0n) is 13.0. The fourth-order valence-corrected chi connectivity index (χ4v) is 2.71. The molecule has 1 fully saturated rings. The Morgan fingerprint density at radius 1 is 1.38 bits per heavy atom. The number of nitrogens with one attached hydrogen (secondary N) is 2. The number of piperazine rings is 1. The van der Waals surface area contributed by atoms with E-state index in [1.165, 1.54) is 0 Å². The summed E-state index contributed by atoms with van der Waals surface area (Å²) < 4.78 is 0. The number of aliphatic carboxylic acids is 1. The third-order valence-electron chi connectivity index (χ3n) is 3.69. The van der Waals surface area contributed by atoms with Gasteiger partial charge in [-0.15, -0.1) is 0 Å². The Kier molecular flexibility index (Phi) is 7.84. The zero-order chi connectivity index (χ0) is 15.8. The summed E-state index contributed by atoms with van der Waals surface area (Å²) in [6.45, 7) is 3.40. The summed E-state index contributed by atoms with van der Waals surface area (Å²) in [5.74, 6) is -0.290. The van der Waals surface area contributed by atoms with Crippen LogP contribution in [0.3, 0.4) is 0 Å². The van der Waals surface area contributed by atoms with Gasteiger partial charge in [-0.25, -0.2) is 9.59 Å². The van der Waals surface area contributed by atoms with Crippen molar-refractivity contribution in [2.75, 3.05) is 52.3 Å². The second-order valence-corrected chi connectivity index (χ2v) is 6.41. The van der Waals surface area contributed by atoms with Crippen molar-refractivity contribution < 1.29 is 14.7 Å². The van der Waals surface area contributed by atoms with Gasteiger partial charge in [-0.3, -0.25) is 4.90 Å². The van der Waals surface area contributed by atoms with E-state index in [9.17, 15) is 9.59 Å². The first kappa shape index (κ1) is 18.1. The minimum Gasteiger partial charge on any atom is -0.480 e. The van der Waals surface area contributed by atoms with Crippen molar-refractivity contribution in [2.45, 2.75) is 18.5 Å². The van der Waals surface area contributed by atoms with Crippen LogP contribution in [0.5, 0.6) is 0 Å². The maximum atomic E-state index is 11.8. The van der Waals surface area contributed by atoms with Gasteiger partial charge in [0.2, 0.25) is 0 Å². The minimum atomic E-state index is -0.992. The molecule has 0 radical (unpaired) electrons. The molecule has 0 saturated carbocycles. The third kappa shape index (κ3) is 6.54. The lowest BCUT2D eigenvalue weighted by Gasteiger charge is -2.37. The summed E-state index contributed by atoms with van der Waals surface area (Å²) in [4.78, 5) is 27.3. The number of hydrogen-bond donors (Lipinski definition) is 3. The summed E-state index contributed by atoms with van der Waals surface area (Å²) in [5, 5.41) is 14.4. The van der Waals surface area contributed by atoms with Crippen LogP contribution in [0, 0.1) is 0 Å². The Hall–Kier alpha value is -0.990. The normalized spacial score (nSPS) is 21.8. The van der Waals surface area contributed by atoms with E-state index >= 15 is 0 Å². The molecule has 0 spiro atoms. The van der Waals surface area contributed by atoms with Gasteiger partial charge in [0.05, 0.1) is 0 Å². The standard InChI is InChI=1S/C13H26N4O3S/c1-16-5-6-17(2)10(9-16)8-14-13(20)15-11(12(18)19)4-7-21-3/h10-11H,4-9H2,1-3H3,(H,18,19)(H2,14,15,20). The summed E-state index contributed by atoms with van der Waals surface area (Å²) in [7, 11) is 4.10. The molecule has 0 aliphatic carbocycles. The molecule has 2 unspecified atom stereocenters. The SMILES string of the molecule is CSCCC(NC(=O)NCC1CN(C)CCN1C)C(=O)O. The van der Waals surface area contributed by atoms with Gasteiger partial charge in [0.25, 0.3) is 0 Å². The van der Waals surface area contributed by atoms with E-state index in [2.05, 4.69) is 27.5 Å².